The number of ether oxygens (including phenoxy) is 1. The summed E-state index contributed by atoms with van der Waals surface area (Å²) in [5.41, 5.74) is -0.0397. The normalized spacial score (nSPS) is 26.9. The van der Waals surface area contributed by atoms with Gasteiger partial charge >= 0.3 is 0 Å². The maximum absolute atomic E-state index is 6.04. The van der Waals surface area contributed by atoms with Gasteiger partial charge in [0.05, 0.1) is 11.2 Å². The Morgan fingerprint density at radius 2 is 2.12 bits per heavy atom. The molecule has 1 aliphatic rings. The second kappa shape index (κ2) is 5.56. The number of rotatable bonds is 6. The van der Waals surface area contributed by atoms with Crippen LogP contribution in [-0.4, -0.2) is 35.3 Å². The predicted octanol–water partition coefficient (Wildman–Crippen LogP) is 2.84. The van der Waals surface area contributed by atoms with Crippen molar-refractivity contribution in [3.63, 3.8) is 0 Å². The molecule has 94 valence electrons. The Kier molecular flexibility index (Phi) is 4.89. The second-order valence-electron chi connectivity index (χ2n) is 5.54. The van der Waals surface area contributed by atoms with Gasteiger partial charge in [-0.25, -0.2) is 0 Å². The van der Waals surface area contributed by atoms with Crippen LogP contribution in [0.4, 0.5) is 0 Å². The molecule has 1 aliphatic heterocycles. The van der Waals surface area contributed by atoms with Crippen molar-refractivity contribution in [2.24, 2.45) is 0 Å². The minimum atomic E-state index is -0.0490. The third kappa shape index (κ3) is 4.11. The molecule has 1 fully saturated rings. The molecule has 0 aromatic rings. The maximum atomic E-state index is 6.04. The van der Waals surface area contributed by atoms with Crippen molar-refractivity contribution in [2.75, 3.05) is 18.1 Å². The third-order valence-corrected chi connectivity index (χ3v) is 3.91. The number of thioether (sulfide) groups is 1. The van der Waals surface area contributed by atoms with Crippen molar-refractivity contribution in [1.82, 2.24) is 5.32 Å². The van der Waals surface area contributed by atoms with Gasteiger partial charge < -0.3 is 10.1 Å². The zero-order chi connectivity index (χ0) is 12.2. The summed E-state index contributed by atoms with van der Waals surface area (Å²) in [6.07, 6.45) is 3.04. The molecule has 0 spiro atoms. The molecular weight excluding hydrogens is 218 g/mol. The highest BCUT2D eigenvalue weighted by Crippen LogP contribution is 2.37. The van der Waals surface area contributed by atoms with Crippen LogP contribution in [0.25, 0.3) is 0 Å². The molecule has 1 atom stereocenters. The lowest BCUT2D eigenvalue weighted by atomic mass is 9.94. The van der Waals surface area contributed by atoms with Crippen LogP contribution in [0.15, 0.2) is 12.7 Å². The van der Waals surface area contributed by atoms with Crippen LogP contribution in [0.3, 0.4) is 0 Å². The molecular formula is C13H25NOS. The Hall–Kier alpha value is 0.01000. The van der Waals surface area contributed by atoms with Gasteiger partial charge in [-0.2, -0.15) is 11.8 Å². The number of hydrogen-bond acceptors (Lipinski definition) is 3. The van der Waals surface area contributed by atoms with Crippen molar-refractivity contribution in [3.8, 4) is 0 Å². The minimum absolute atomic E-state index is 0.00935. The van der Waals surface area contributed by atoms with E-state index in [1.165, 1.54) is 0 Å². The third-order valence-electron chi connectivity index (χ3n) is 2.95. The Balaban J connectivity index is 2.29. The predicted molar refractivity (Wildman–Crippen MR) is 73.2 cm³/mol. The lowest BCUT2D eigenvalue weighted by Crippen LogP contribution is -2.44. The van der Waals surface area contributed by atoms with Crippen LogP contribution >= 0.6 is 11.8 Å². The van der Waals surface area contributed by atoms with E-state index < -0.39 is 0 Å². The van der Waals surface area contributed by atoms with Crippen molar-refractivity contribution in [2.45, 2.75) is 51.4 Å². The van der Waals surface area contributed by atoms with Gasteiger partial charge in [-0.05, 0) is 34.1 Å². The standard InChI is InChI=1S/C13H25NOS/c1-6-8-16-9-7-14-11-10-12(2,3)15-13(11,4)5/h6,11,14H,1,7-10H2,2-5H3. The Morgan fingerprint density at radius 1 is 1.44 bits per heavy atom. The fourth-order valence-electron chi connectivity index (χ4n) is 2.35. The van der Waals surface area contributed by atoms with E-state index in [0.29, 0.717) is 6.04 Å². The SMILES string of the molecule is C=CCSCCNC1CC(C)(C)OC1(C)C. The first-order valence-electron chi connectivity index (χ1n) is 5.99. The van der Waals surface area contributed by atoms with E-state index in [9.17, 15) is 0 Å². The van der Waals surface area contributed by atoms with Gasteiger partial charge in [0.1, 0.15) is 0 Å². The van der Waals surface area contributed by atoms with E-state index in [-0.39, 0.29) is 11.2 Å². The summed E-state index contributed by atoms with van der Waals surface area (Å²) in [5, 5.41) is 3.61. The van der Waals surface area contributed by atoms with Crippen LogP contribution in [0.1, 0.15) is 34.1 Å². The molecule has 1 heterocycles. The summed E-state index contributed by atoms with van der Waals surface area (Å²) in [5.74, 6) is 2.18. The molecule has 1 N–H and O–H groups in total. The van der Waals surface area contributed by atoms with Crippen LogP contribution in [-0.2, 0) is 4.74 Å². The Bertz CT molecular complexity index is 238. The largest absolute Gasteiger partial charge is 0.368 e. The highest BCUT2D eigenvalue weighted by atomic mass is 32.2. The van der Waals surface area contributed by atoms with Crippen LogP contribution in [0.5, 0.6) is 0 Å². The van der Waals surface area contributed by atoms with E-state index in [0.717, 1.165) is 24.5 Å². The second-order valence-corrected chi connectivity index (χ2v) is 6.69. The monoisotopic (exact) mass is 243 g/mol. The summed E-state index contributed by atoms with van der Waals surface area (Å²) >= 11 is 1.92. The summed E-state index contributed by atoms with van der Waals surface area (Å²) in [6, 6.07) is 0.465. The lowest BCUT2D eigenvalue weighted by molar-refractivity contribution is -0.0696. The smallest absolute Gasteiger partial charge is 0.0787 e. The van der Waals surface area contributed by atoms with Crippen LogP contribution in [0.2, 0.25) is 0 Å². The van der Waals surface area contributed by atoms with E-state index in [1.54, 1.807) is 0 Å². The summed E-state index contributed by atoms with van der Waals surface area (Å²) in [7, 11) is 0. The Labute approximate surface area is 104 Å². The quantitative estimate of drug-likeness (QED) is 0.572. The topological polar surface area (TPSA) is 21.3 Å². The Morgan fingerprint density at radius 3 is 2.62 bits per heavy atom. The summed E-state index contributed by atoms with van der Waals surface area (Å²) < 4.78 is 6.04. The average Bonchev–Trinajstić information content (AvgIpc) is 2.34. The van der Waals surface area contributed by atoms with Crippen molar-refractivity contribution in [1.29, 1.82) is 0 Å². The lowest BCUT2D eigenvalue weighted by Gasteiger charge is -2.27. The van der Waals surface area contributed by atoms with E-state index in [1.807, 2.05) is 17.8 Å². The molecule has 0 amide bonds. The summed E-state index contributed by atoms with van der Waals surface area (Å²) in [4.78, 5) is 0. The van der Waals surface area contributed by atoms with E-state index in [2.05, 4.69) is 39.6 Å². The van der Waals surface area contributed by atoms with Gasteiger partial charge in [-0.15, -0.1) is 6.58 Å². The first-order chi connectivity index (χ1) is 7.37. The molecule has 0 aliphatic carbocycles. The van der Waals surface area contributed by atoms with E-state index >= 15 is 0 Å². The van der Waals surface area contributed by atoms with Gasteiger partial charge in [-0.3, -0.25) is 0 Å². The molecule has 0 aromatic heterocycles. The van der Waals surface area contributed by atoms with Crippen LogP contribution in [0, 0.1) is 0 Å². The fraction of sp³-hybridized carbons (Fsp3) is 0.846. The fourth-order valence-corrected chi connectivity index (χ4v) is 2.95. The van der Waals surface area contributed by atoms with Gasteiger partial charge in [0, 0.05) is 24.1 Å². The zero-order valence-corrected chi connectivity index (χ0v) is 11.8. The first-order valence-corrected chi connectivity index (χ1v) is 7.15. The number of hydrogen-bond donors (Lipinski definition) is 1. The van der Waals surface area contributed by atoms with Crippen molar-refractivity contribution >= 4 is 11.8 Å². The molecule has 1 unspecified atom stereocenters. The van der Waals surface area contributed by atoms with Gasteiger partial charge in [0.2, 0.25) is 0 Å². The molecule has 16 heavy (non-hydrogen) atoms. The van der Waals surface area contributed by atoms with Gasteiger partial charge in [0.25, 0.3) is 0 Å². The van der Waals surface area contributed by atoms with Gasteiger partial charge in [0.15, 0.2) is 0 Å². The average molecular weight is 243 g/mol. The molecule has 1 rings (SSSR count). The minimum Gasteiger partial charge on any atom is -0.368 e. The summed E-state index contributed by atoms with van der Waals surface area (Å²) in [6.45, 7) is 13.5. The zero-order valence-electron chi connectivity index (χ0n) is 11.0. The highest BCUT2D eigenvalue weighted by molar-refractivity contribution is 7.99. The van der Waals surface area contributed by atoms with Gasteiger partial charge in [-0.1, -0.05) is 6.08 Å². The molecule has 2 nitrogen and oxygen atoms in total. The molecule has 0 aromatic carbocycles. The van der Waals surface area contributed by atoms with Crippen molar-refractivity contribution in [3.05, 3.63) is 12.7 Å². The molecule has 1 saturated heterocycles. The molecule has 0 saturated carbocycles. The first kappa shape index (κ1) is 14.1. The highest BCUT2D eigenvalue weighted by Gasteiger charge is 2.45. The molecule has 0 bridgehead atoms. The van der Waals surface area contributed by atoms with Crippen LogP contribution < -0.4 is 5.32 Å². The van der Waals surface area contributed by atoms with Crippen molar-refractivity contribution < 1.29 is 4.74 Å². The maximum Gasteiger partial charge on any atom is 0.0787 e. The number of nitrogens with one attached hydrogen (secondary N) is 1. The molecule has 0 radical (unpaired) electrons. The van der Waals surface area contributed by atoms with E-state index in [4.69, 9.17) is 4.74 Å². The molecule has 3 heteroatoms.